The predicted octanol–water partition coefficient (Wildman–Crippen LogP) is 1.97. The van der Waals surface area contributed by atoms with Crippen LogP contribution in [0.1, 0.15) is 73.6 Å². The van der Waals surface area contributed by atoms with Gasteiger partial charge in [-0.25, -0.2) is 0 Å². The largest absolute Gasteiger partial charge is 0.390 e. The summed E-state index contributed by atoms with van der Waals surface area (Å²) in [6.45, 7) is 11.8. The van der Waals surface area contributed by atoms with E-state index < -0.39 is 52.6 Å². The summed E-state index contributed by atoms with van der Waals surface area (Å²) in [4.78, 5) is 13.3. The highest BCUT2D eigenvalue weighted by molar-refractivity contribution is 5.95. The van der Waals surface area contributed by atoms with Gasteiger partial charge in [0.15, 0.2) is 5.78 Å². The maximum atomic E-state index is 13.3. The predicted molar refractivity (Wildman–Crippen MR) is 129 cm³/mol. The molecule has 4 fully saturated rings. The zero-order chi connectivity index (χ0) is 25.9. The Labute approximate surface area is 208 Å². The molecule has 1 heterocycles. The van der Waals surface area contributed by atoms with E-state index in [0.29, 0.717) is 18.4 Å². The first kappa shape index (κ1) is 25.8. The SMILES string of the molecule is CC(C)[C@@H](C)[C@H](O)[C@@H]1O[C@H]2C[C@@]3(O)C4=CC(=O)C5C[C@@H](O)[C@@H](O)C[C@]5(C)[C@H]4CC[C@]3(C)[C@H]2[C@@]1(C)O. The van der Waals surface area contributed by atoms with E-state index in [2.05, 4.69) is 0 Å². The summed E-state index contributed by atoms with van der Waals surface area (Å²) in [6, 6.07) is 0. The van der Waals surface area contributed by atoms with E-state index in [0.717, 1.165) is 6.42 Å². The molecule has 13 atom stereocenters. The Bertz CT molecular complexity index is 928. The van der Waals surface area contributed by atoms with Crippen LogP contribution in [0.4, 0.5) is 0 Å². The van der Waals surface area contributed by atoms with Crippen LogP contribution in [0.25, 0.3) is 0 Å². The first-order valence-corrected chi connectivity index (χ1v) is 13.5. The molecule has 0 aromatic rings. The average Bonchev–Trinajstić information content (AvgIpc) is 3.16. The van der Waals surface area contributed by atoms with Gasteiger partial charge in [-0.3, -0.25) is 4.79 Å². The second-order valence-electron chi connectivity index (χ2n) is 13.6. The number of ether oxygens (including phenoxy) is 1. The number of aliphatic hydroxyl groups excluding tert-OH is 3. The van der Waals surface area contributed by atoms with Gasteiger partial charge in [-0.15, -0.1) is 0 Å². The molecule has 5 aliphatic rings. The molecule has 7 nitrogen and oxygen atoms in total. The molecular formula is C28H44O7. The molecule has 1 aliphatic heterocycles. The summed E-state index contributed by atoms with van der Waals surface area (Å²) < 4.78 is 6.38. The molecule has 5 N–H and O–H groups in total. The van der Waals surface area contributed by atoms with Crippen LogP contribution in [-0.4, -0.2) is 73.0 Å². The van der Waals surface area contributed by atoms with Crippen LogP contribution in [0.2, 0.25) is 0 Å². The molecule has 0 amide bonds. The normalized spacial score (nSPS) is 55.0. The van der Waals surface area contributed by atoms with Crippen molar-refractivity contribution in [2.75, 3.05) is 0 Å². The van der Waals surface area contributed by atoms with Crippen molar-refractivity contribution in [3.8, 4) is 0 Å². The number of carbonyl (C=O) groups is 1. The second-order valence-corrected chi connectivity index (χ2v) is 13.6. The zero-order valence-corrected chi connectivity index (χ0v) is 21.9. The van der Waals surface area contributed by atoms with Gasteiger partial charge in [0.1, 0.15) is 6.10 Å². The molecule has 0 aromatic carbocycles. The fraction of sp³-hybridized carbons (Fsp3) is 0.893. The number of carbonyl (C=O) groups excluding carboxylic acids is 1. The number of aliphatic hydroxyl groups is 5. The minimum atomic E-state index is -1.34. The first-order chi connectivity index (χ1) is 16.1. The minimum absolute atomic E-state index is 0.0589. The molecule has 35 heavy (non-hydrogen) atoms. The molecule has 0 bridgehead atoms. The van der Waals surface area contributed by atoms with Gasteiger partial charge in [-0.05, 0) is 67.4 Å². The molecule has 7 heteroatoms. The Kier molecular flexibility index (Phi) is 5.78. The smallest absolute Gasteiger partial charge is 0.159 e. The second kappa shape index (κ2) is 7.84. The average molecular weight is 493 g/mol. The van der Waals surface area contributed by atoms with Crippen LogP contribution in [0.15, 0.2) is 11.6 Å². The van der Waals surface area contributed by atoms with E-state index in [1.54, 1.807) is 13.0 Å². The van der Waals surface area contributed by atoms with Crippen LogP contribution in [-0.2, 0) is 9.53 Å². The minimum Gasteiger partial charge on any atom is -0.390 e. The van der Waals surface area contributed by atoms with Crippen molar-refractivity contribution in [1.29, 1.82) is 0 Å². The van der Waals surface area contributed by atoms with E-state index in [-0.39, 0.29) is 48.2 Å². The van der Waals surface area contributed by atoms with Crippen LogP contribution in [0, 0.1) is 40.4 Å². The monoisotopic (exact) mass is 492 g/mol. The van der Waals surface area contributed by atoms with Crippen molar-refractivity contribution in [2.24, 2.45) is 40.4 Å². The van der Waals surface area contributed by atoms with Crippen LogP contribution in [0.3, 0.4) is 0 Å². The van der Waals surface area contributed by atoms with Crippen LogP contribution >= 0.6 is 0 Å². The van der Waals surface area contributed by atoms with Crippen molar-refractivity contribution in [2.45, 2.75) is 115 Å². The topological polar surface area (TPSA) is 127 Å². The maximum absolute atomic E-state index is 13.3. The summed E-state index contributed by atoms with van der Waals surface area (Å²) in [5.41, 5.74) is -3.21. The van der Waals surface area contributed by atoms with E-state index >= 15 is 0 Å². The Morgan fingerprint density at radius 3 is 2.31 bits per heavy atom. The molecule has 4 aliphatic carbocycles. The van der Waals surface area contributed by atoms with E-state index in [1.165, 1.54) is 0 Å². The van der Waals surface area contributed by atoms with E-state index in [9.17, 15) is 30.3 Å². The Balaban J connectivity index is 1.52. The lowest BCUT2D eigenvalue weighted by atomic mass is 9.45. The van der Waals surface area contributed by atoms with Gasteiger partial charge in [-0.1, -0.05) is 34.6 Å². The fourth-order valence-corrected chi connectivity index (χ4v) is 9.14. The number of ketones is 1. The van der Waals surface area contributed by atoms with Crippen molar-refractivity contribution >= 4 is 5.78 Å². The van der Waals surface area contributed by atoms with Gasteiger partial charge < -0.3 is 30.3 Å². The van der Waals surface area contributed by atoms with Gasteiger partial charge in [0.25, 0.3) is 0 Å². The lowest BCUT2D eigenvalue weighted by molar-refractivity contribution is -0.175. The molecule has 3 saturated carbocycles. The number of rotatable bonds is 3. The van der Waals surface area contributed by atoms with Crippen molar-refractivity contribution in [3.05, 3.63) is 11.6 Å². The molecule has 1 unspecified atom stereocenters. The summed E-state index contributed by atoms with van der Waals surface area (Å²) in [6.07, 6.45) is 0.0167. The van der Waals surface area contributed by atoms with Gasteiger partial charge >= 0.3 is 0 Å². The fourth-order valence-electron chi connectivity index (χ4n) is 9.14. The third kappa shape index (κ3) is 3.21. The van der Waals surface area contributed by atoms with Gasteiger partial charge in [0.05, 0.1) is 35.6 Å². The molecule has 5 rings (SSSR count). The highest BCUT2D eigenvalue weighted by atomic mass is 16.5. The highest BCUT2D eigenvalue weighted by Gasteiger charge is 2.75. The highest BCUT2D eigenvalue weighted by Crippen LogP contribution is 2.70. The molecule has 0 spiro atoms. The van der Waals surface area contributed by atoms with Crippen molar-refractivity contribution in [1.82, 2.24) is 0 Å². The van der Waals surface area contributed by atoms with Crippen LogP contribution in [0.5, 0.6) is 0 Å². The summed E-state index contributed by atoms with van der Waals surface area (Å²) in [5, 5.41) is 56.1. The number of fused-ring (bicyclic) bond motifs is 7. The Morgan fingerprint density at radius 2 is 1.69 bits per heavy atom. The lowest BCUT2D eigenvalue weighted by Gasteiger charge is -2.60. The Hall–Kier alpha value is -0.830. The quantitative estimate of drug-likeness (QED) is 0.408. The summed E-state index contributed by atoms with van der Waals surface area (Å²) >= 11 is 0. The van der Waals surface area contributed by atoms with Crippen LogP contribution < -0.4 is 0 Å². The lowest BCUT2D eigenvalue weighted by Crippen LogP contribution is -2.63. The molecule has 1 saturated heterocycles. The maximum Gasteiger partial charge on any atom is 0.159 e. The number of allylic oxidation sites excluding steroid dienone is 1. The van der Waals surface area contributed by atoms with Gasteiger partial charge in [0, 0.05) is 23.7 Å². The third-order valence-corrected chi connectivity index (χ3v) is 11.5. The van der Waals surface area contributed by atoms with E-state index in [1.807, 2.05) is 34.6 Å². The Morgan fingerprint density at radius 1 is 1.03 bits per heavy atom. The molecule has 0 radical (unpaired) electrons. The van der Waals surface area contributed by atoms with Gasteiger partial charge in [-0.2, -0.15) is 0 Å². The van der Waals surface area contributed by atoms with Gasteiger partial charge in [0.2, 0.25) is 0 Å². The molecular weight excluding hydrogens is 448 g/mol. The third-order valence-electron chi connectivity index (χ3n) is 11.5. The van der Waals surface area contributed by atoms with Crippen molar-refractivity contribution in [3.63, 3.8) is 0 Å². The molecule has 0 aromatic heterocycles. The van der Waals surface area contributed by atoms with E-state index in [4.69, 9.17) is 4.74 Å². The summed E-state index contributed by atoms with van der Waals surface area (Å²) in [5.74, 6) is -0.775. The standard InChI is InChI=1S/C28H44O7/c1-13(2)14(3)22(32)24-27(6,33)23-21(35-24)12-28(34)16-9-18(29)17-10-19(30)20(31)11-25(17,4)15(16)7-8-26(23,28)5/h9,13-15,17,19-24,30-34H,7-8,10-12H2,1-6H3/t14-,15+,17?,19-,20+,21+,22+,23+,24+,25-,26-,27-,28-/m1/s1. The first-order valence-electron chi connectivity index (χ1n) is 13.5. The zero-order valence-electron chi connectivity index (χ0n) is 21.9. The number of hydrogen-bond donors (Lipinski definition) is 5. The van der Waals surface area contributed by atoms with Crippen molar-refractivity contribution < 1.29 is 35.1 Å². The summed E-state index contributed by atoms with van der Waals surface area (Å²) in [7, 11) is 0. The number of hydrogen-bond acceptors (Lipinski definition) is 7. The molecule has 198 valence electrons.